The van der Waals surface area contributed by atoms with Crippen molar-refractivity contribution in [1.29, 1.82) is 0 Å². The van der Waals surface area contributed by atoms with Crippen LogP contribution in [0.4, 0.5) is 0 Å². The molecule has 0 radical (unpaired) electrons. The number of hydrogen-bond donors (Lipinski definition) is 0. The number of carbonyl (C=O) groups is 2. The second-order valence-electron chi connectivity index (χ2n) is 7.02. The second-order valence-corrected chi connectivity index (χ2v) is 7.86. The average molecular weight is 453 g/mol. The van der Waals surface area contributed by atoms with E-state index in [0.29, 0.717) is 27.8 Å². The number of aldehydes is 1. The van der Waals surface area contributed by atoms with Crippen LogP contribution in [0.3, 0.4) is 0 Å². The summed E-state index contributed by atoms with van der Waals surface area (Å²) in [5.74, 6) is 0.133. The molecule has 31 heavy (non-hydrogen) atoms. The predicted octanol–water partition coefficient (Wildman–Crippen LogP) is 5.56. The Labute approximate surface area is 189 Å². The smallest absolute Gasteiger partial charge is 0.281 e. The van der Waals surface area contributed by atoms with Gasteiger partial charge in [0.05, 0.1) is 11.8 Å². The van der Waals surface area contributed by atoms with Gasteiger partial charge in [-0.05, 0) is 35.9 Å². The van der Waals surface area contributed by atoms with Gasteiger partial charge in [-0.2, -0.15) is 5.10 Å². The van der Waals surface area contributed by atoms with Crippen LogP contribution in [0.5, 0.6) is 5.75 Å². The SMILES string of the molecule is O=Cc1cccc(OCC(=O)N2N=C(c3ccccc3Cl)CC2c2ccc(Cl)cc2)c1. The van der Waals surface area contributed by atoms with Crippen molar-refractivity contribution in [1.82, 2.24) is 5.01 Å². The molecule has 1 amide bonds. The van der Waals surface area contributed by atoms with E-state index in [1.54, 1.807) is 42.5 Å². The highest BCUT2D eigenvalue weighted by atomic mass is 35.5. The quantitative estimate of drug-likeness (QED) is 0.459. The number of nitrogens with zero attached hydrogens (tertiary/aromatic N) is 2. The van der Waals surface area contributed by atoms with Crippen molar-refractivity contribution >= 4 is 41.1 Å². The Kier molecular flexibility index (Phi) is 6.35. The van der Waals surface area contributed by atoms with Gasteiger partial charge in [-0.3, -0.25) is 9.59 Å². The third-order valence-electron chi connectivity index (χ3n) is 4.96. The number of carbonyl (C=O) groups excluding carboxylic acids is 2. The fourth-order valence-corrected chi connectivity index (χ4v) is 3.80. The van der Waals surface area contributed by atoms with Crippen molar-refractivity contribution in [2.75, 3.05) is 6.61 Å². The minimum atomic E-state index is -0.307. The lowest BCUT2D eigenvalue weighted by Crippen LogP contribution is -2.31. The van der Waals surface area contributed by atoms with E-state index in [2.05, 4.69) is 5.10 Å². The molecule has 0 aromatic heterocycles. The van der Waals surface area contributed by atoms with Gasteiger partial charge in [-0.1, -0.05) is 65.7 Å². The van der Waals surface area contributed by atoms with Gasteiger partial charge in [0, 0.05) is 27.6 Å². The van der Waals surface area contributed by atoms with Crippen molar-refractivity contribution in [2.24, 2.45) is 5.10 Å². The molecule has 3 aromatic rings. The molecule has 5 nitrogen and oxygen atoms in total. The van der Waals surface area contributed by atoms with Crippen molar-refractivity contribution in [3.8, 4) is 5.75 Å². The van der Waals surface area contributed by atoms with Crippen molar-refractivity contribution in [2.45, 2.75) is 12.5 Å². The Bertz CT molecular complexity index is 1150. The molecular weight excluding hydrogens is 435 g/mol. The van der Waals surface area contributed by atoms with E-state index in [1.165, 1.54) is 5.01 Å². The van der Waals surface area contributed by atoms with E-state index in [0.717, 1.165) is 23.1 Å². The zero-order valence-electron chi connectivity index (χ0n) is 16.4. The van der Waals surface area contributed by atoms with Crippen LogP contribution in [-0.4, -0.2) is 29.5 Å². The fraction of sp³-hybridized carbons (Fsp3) is 0.125. The summed E-state index contributed by atoms with van der Waals surface area (Å²) in [6.07, 6.45) is 1.24. The molecule has 0 spiro atoms. The third-order valence-corrected chi connectivity index (χ3v) is 5.54. The predicted molar refractivity (Wildman–Crippen MR) is 121 cm³/mol. The molecule has 0 fully saturated rings. The molecule has 1 heterocycles. The molecule has 1 unspecified atom stereocenters. The molecule has 156 valence electrons. The average Bonchev–Trinajstić information content (AvgIpc) is 3.23. The van der Waals surface area contributed by atoms with Gasteiger partial charge in [0.25, 0.3) is 5.91 Å². The lowest BCUT2D eigenvalue weighted by atomic mass is 9.98. The molecule has 1 atom stereocenters. The largest absolute Gasteiger partial charge is 0.484 e. The van der Waals surface area contributed by atoms with Gasteiger partial charge in [-0.15, -0.1) is 0 Å². The molecule has 0 aliphatic carbocycles. The van der Waals surface area contributed by atoms with Gasteiger partial charge < -0.3 is 4.74 Å². The minimum absolute atomic E-state index is 0.217. The van der Waals surface area contributed by atoms with E-state index in [-0.39, 0.29) is 18.6 Å². The fourth-order valence-electron chi connectivity index (χ4n) is 3.43. The standard InChI is InChI=1S/C24H18Cl2N2O3/c25-18-10-8-17(9-11-18)23-13-22(20-6-1-2-7-21(20)26)27-28(23)24(30)15-31-19-5-3-4-16(12-19)14-29/h1-12,14,23H,13,15H2. The molecule has 1 aliphatic rings. The summed E-state index contributed by atoms with van der Waals surface area (Å²) in [6, 6.07) is 21.1. The Hall–Kier alpha value is -3.15. The maximum absolute atomic E-state index is 13.1. The first-order chi connectivity index (χ1) is 15.0. The van der Waals surface area contributed by atoms with E-state index in [1.807, 2.05) is 30.3 Å². The highest BCUT2D eigenvalue weighted by Crippen LogP contribution is 2.35. The first-order valence-corrected chi connectivity index (χ1v) is 10.4. The number of rotatable bonds is 6. The summed E-state index contributed by atoms with van der Waals surface area (Å²) in [4.78, 5) is 24.0. The first-order valence-electron chi connectivity index (χ1n) is 9.63. The van der Waals surface area contributed by atoms with Crippen LogP contribution in [-0.2, 0) is 4.79 Å². The topological polar surface area (TPSA) is 59.0 Å². The first kappa shape index (κ1) is 21.1. The Balaban J connectivity index is 1.59. The molecule has 7 heteroatoms. The maximum Gasteiger partial charge on any atom is 0.281 e. The van der Waals surface area contributed by atoms with Crippen molar-refractivity contribution in [3.63, 3.8) is 0 Å². The number of halogens is 2. The summed E-state index contributed by atoms with van der Waals surface area (Å²) in [5, 5.41) is 7.22. The van der Waals surface area contributed by atoms with Crippen LogP contribution < -0.4 is 4.74 Å². The van der Waals surface area contributed by atoms with E-state index in [4.69, 9.17) is 27.9 Å². The maximum atomic E-state index is 13.1. The Morgan fingerprint density at radius 3 is 2.58 bits per heavy atom. The van der Waals surface area contributed by atoms with Gasteiger partial charge in [0.15, 0.2) is 6.61 Å². The Morgan fingerprint density at radius 2 is 1.84 bits per heavy atom. The van der Waals surface area contributed by atoms with Crippen LogP contribution in [0.15, 0.2) is 77.9 Å². The number of hydrazone groups is 1. The minimum Gasteiger partial charge on any atom is -0.484 e. The zero-order valence-corrected chi connectivity index (χ0v) is 17.9. The Morgan fingerprint density at radius 1 is 1.06 bits per heavy atom. The summed E-state index contributed by atoms with van der Waals surface area (Å²) in [5.41, 5.74) is 2.90. The number of benzene rings is 3. The molecule has 1 aliphatic heterocycles. The van der Waals surface area contributed by atoms with E-state index in [9.17, 15) is 9.59 Å². The number of hydrogen-bond acceptors (Lipinski definition) is 4. The van der Waals surface area contributed by atoms with Crippen LogP contribution in [0.1, 0.15) is 33.9 Å². The molecule has 0 bridgehead atoms. The third kappa shape index (κ3) is 4.79. The monoisotopic (exact) mass is 452 g/mol. The van der Waals surface area contributed by atoms with Gasteiger partial charge >= 0.3 is 0 Å². The van der Waals surface area contributed by atoms with Crippen molar-refractivity contribution in [3.05, 3.63) is 99.5 Å². The molecule has 0 N–H and O–H groups in total. The summed E-state index contributed by atoms with van der Waals surface area (Å²) < 4.78 is 5.62. The zero-order chi connectivity index (χ0) is 21.8. The molecule has 3 aromatic carbocycles. The highest BCUT2D eigenvalue weighted by molar-refractivity contribution is 6.34. The number of amides is 1. The summed E-state index contributed by atoms with van der Waals surface area (Å²) in [6.45, 7) is -0.217. The van der Waals surface area contributed by atoms with Crippen LogP contribution >= 0.6 is 23.2 Å². The second kappa shape index (κ2) is 9.33. The summed E-state index contributed by atoms with van der Waals surface area (Å²) >= 11 is 12.4. The highest BCUT2D eigenvalue weighted by Gasteiger charge is 2.33. The van der Waals surface area contributed by atoms with E-state index >= 15 is 0 Å². The molecular formula is C24H18Cl2N2O3. The normalized spacial score (nSPS) is 15.5. The summed E-state index contributed by atoms with van der Waals surface area (Å²) in [7, 11) is 0. The van der Waals surface area contributed by atoms with Gasteiger partial charge in [-0.25, -0.2) is 5.01 Å². The van der Waals surface area contributed by atoms with E-state index < -0.39 is 0 Å². The lowest BCUT2D eigenvalue weighted by Gasteiger charge is -2.22. The van der Waals surface area contributed by atoms with Gasteiger partial charge in [0.1, 0.15) is 12.0 Å². The van der Waals surface area contributed by atoms with Crippen LogP contribution in [0.2, 0.25) is 10.0 Å². The van der Waals surface area contributed by atoms with Crippen molar-refractivity contribution < 1.29 is 14.3 Å². The van der Waals surface area contributed by atoms with Crippen LogP contribution in [0, 0.1) is 0 Å². The molecule has 4 rings (SSSR count). The number of ether oxygens (including phenoxy) is 1. The molecule has 0 saturated heterocycles. The van der Waals surface area contributed by atoms with Crippen LogP contribution in [0.25, 0.3) is 0 Å². The molecule has 0 saturated carbocycles. The lowest BCUT2D eigenvalue weighted by molar-refractivity contribution is -0.135. The van der Waals surface area contributed by atoms with Gasteiger partial charge in [0.2, 0.25) is 0 Å².